The largest absolute Gasteiger partial charge is 0.328 e. The quantitative estimate of drug-likeness (QED) is 0.927. The summed E-state index contributed by atoms with van der Waals surface area (Å²) < 4.78 is 1.15. The second-order valence-electron chi connectivity index (χ2n) is 4.85. The van der Waals surface area contributed by atoms with Gasteiger partial charge >= 0.3 is 0 Å². The number of likely N-dealkylation sites (tertiary alicyclic amines) is 1. The molecule has 1 saturated heterocycles. The maximum atomic E-state index is 5.96. The summed E-state index contributed by atoms with van der Waals surface area (Å²) in [5, 5.41) is 0. The van der Waals surface area contributed by atoms with E-state index in [-0.39, 0.29) is 0 Å². The van der Waals surface area contributed by atoms with Gasteiger partial charge in [0.15, 0.2) is 0 Å². The topological polar surface area (TPSA) is 29.3 Å². The van der Waals surface area contributed by atoms with Gasteiger partial charge < -0.3 is 5.73 Å². The lowest BCUT2D eigenvalue weighted by Crippen LogP contribution is -2.41. The molecular weight excluding hydrogens is 276 g/mol. The molecule has 0 aliphatic carbocycles. The van der Waals surface area contributed by atoms with Gasteiger partial charge in [0.05, 0.1) is 0 Å². The molecular formula is C14H21BrN2. The molecule has 0 aromatic heterocycles. The molecule has 94 valence electrons. The number of halogens is 1. The summed E-state index contributed by atoms with van der Waals surface area (Å²) >= 11 is 3.49. The molecule has 0 bridgehead atoms. The fourth-order valence-corrected chi connectivity index (χ4v) is 2.89. The normalized spacial score (nSPS) is 20.4. The average Bonchev–Trinajstić information content (AvgIpc) is 2.35. The van der Waals surface area contributed by atoms with E-state index in [4.69, 9.17) is 5.73 Å². The van der Waals surface area contributed by atoms with Crippen molar-refractivity contribution in [2.24, 2.45) is 5.73 Å². The maximum absolute atomic E-state index is 5.96. The average molecular weight is 297 g/mol. The van der Waals surface area contributed by atoms with Crippen LogP contribution in [-0.2, 0) is 0 Å². The van der Waals surface area contributed by atoms with Gasteiger partial charge in [-0.1, -0.05) is 35.0 Å². The van der Waals surface area contributed by atoms with E-state index in [2.05, 4.69) is 52.0 Å². The molecule has 17 heavy (non-hydrogen) atoms. The van der Waals surface area contributed by atoms with Crippen molar-refractivity contribution in [1.29, 1.82) is 0 Å². The van der Waals surface area contributed by atoms with Gasteiger partial charge in [0.25, 0.3) is 0 Å². The van der Waals surface area contributed by atoms with E-state index in [0.717, 1.165) is 36.8 Å². The van der Waals surface area contributed by atoms with E-state index < -0.39 is 0 Å². The first-order chi connectivity index (χ1) is 8.20. The maximum Gasteiger partial charge on any atom is 0.0345 e. The molecule has 1 fully saturated rings. The third-order valence-corrected chi connectivity index (χ3v) is 4.19. The lowest BCUT2D eigenvalue weighted by molar-refractivity contribution is 0.149. The molecule has 0 amide bonds. The first kappa shape index (κ1) is 13.1. The Balaban J connectivity index is 2.08. The molecule has 0 spiro atoms. The van der Waals surface area contributed by atoms with Gasteiger partial charge in [0, 0.05) is 29.6 Å². The highest BCUT2D eigenvalue weighted by Crippen LogP contribution is 2.27. The summed E-state index contributed by atoms with van der Waals surface area (Å²) in [6.07, 6.45) is 3.43. The van der Waals surface area contributed by atoms with Gasteiger partial charge in [-0.15, -0.1) is 0 Å². The van der Waals surface area contributed by atoms with Crippen molar-refractivity contribution in [1.82, 2.24) is 4.90 Å². The fourth-order valence-electron chi connectivity index (χ4n) is 2.62. The molecule has 1 heterocycles. The summed E-state index contributed by atoms with van der Waals surface area (Å²) in [5.74, 6) is 0. The number of nitrogens with zero attached hydrogens (tertiary/aromatic N) is 1. The summed E-state index contributed by atoms with van der Waals surface area (Å²) in [6.45, 7) is 4.53. The zero-order valence-electron chi connectivity index (χ0n) is 10.4. The molecule has 1 aromatic carbocycles. The summed E-state index contributed by atoms with van der Waals surface area (Å²) in [7, 11) is 0. The van der Waals surface area contributed by atoms with Gasteiger partial charge in [-0.2, -0.15) is 0 Å². The number of piperidine rings is 1. The molecule has 0 saturated carbocycles. The Labute approximate surface area is 112 Å². The molecule has 1 aliphatic rings. The van der Waals surface area contributed by atoms with Crippen LogP contribution in [-0.4, -0.2) is 24.0 Å². The molecule has 2 nitrogen and oxygen atoms in total. The predicted octanol–water partition coefficient (Wildman–Crippen LogP) is 3.32. The van der Waals surface area contributed by atoms with Gasteiger partial charge in [0.2, 0.25) is 0 Å². The zero-order valence-corrected chi connectivity index (χ0v) is 12.0. The van der Waals surface area contributed by atoms with Crippen LogP contribution in [0.2, 0.25) is 0 Å². The van der Waals surface area contributed by atoms with Crippen molar-refractivity contribution in [3.63, 3.8) is 0 Å². The van der Waals surface area contributed by atoms with E-state index in [1.807, 2.05) is 0 Å². The van der Waals surface area contributed by atoms with Crippen LogP contribution in [0.3, 0.4) is 0 Å². The third-order valence-electron chi connectivity index (χ3n) is 3.66. The molecule has 1 unspecified atom stereocenters. The Bertz CT molecular complexity index is 342. The van der Waals surface area contributed by atoms with Crippen LogP contribution in [0.25, 0.3) is 0 Å². The van der Waals surface area contributed by atoms with Crippen LogP contribution in [0.1, 0.15) is 37.8 Å². The Hall–Kier alpha value is -0.380. The monoisotopic (exact) mass is 296 g/mol. The number of rotatable bonds is 3. The molecule has 1 atom stereocenters. The van der Waals surface area contributed by atoms with E-state index in [9.17, 15) is 0 Å². The fraction of sp³-hybridized carbons (Fsp3) is 0.571. The van der Waals surface area contributed by atoms with Crippen molar-refractivity contribution in [3.05, 3.63) is 34.3 Å². The molecule has 2 rings (SSSR count). The van der Waals surface area contributed by atoms with Crippen molar-refractivity contribution < 1.29 is 0 Å². The van der Waals surface area contributed by atoms with Crippen LogP contribution in [0, 0.1) is 0 Å². The minimum atomic E-state index is 0.411. The summed E-state index contributed by atoms with van der Waals surface area (Å²) in [5.41, 5.74) is 7.39. The Kier molecular flexibility index (Phi) is 4.60. The first-order valence-corrected chi connectivity index (χ1v) is 7.25. The summed E-state index contributed by atoms with van der Waals surface area (Å²) in [4.78, 5) is 2.58. The molecule has 0 radical (unpaired) electrons. The summed E-state index contributed by atoms with van der Waals surface area (Å²) in [6, 6.07) is 9.69. The van der Waals surface area contributed by atoms with Crippen LogP contribution in [0.4, 0.5) is 0 Å². The molecule has 2 N–H and O–H groups in total. The second kappa shape index (κ2) is 5.98. The number of hydrogen-bond donors (Lipinski definition) is 1. The van der Waals surface area contributed by atoms with Gasteiger partial charge in [-0.25, -0.2) is 0 Å². The van der Waals surface area contributed by atoms with Crippen molar-refractivity contribution in [2.45, 2.75) is 38.3 Å². The van der Waals surface area contributed by atoms with Crippen LogP contribution < -0.4 is 5.73 Å². The Morgan fingerprint density at radius 1 is 1.29 bits per heavy atom. The SMILES string of the molecule is CCC(c1ccc(Br)cc1)N1CCC(N)CC1. The molecule has 3 heteroatoms. The predicted molar refractivity (Wildman–Crippen MR) is 76.0 cm³/mol. The highest BCUT2D eigenvalue weighted by molar-refractivity contribution is 9.10. The lowest BCUT2D eigenvalue weighted by Gasteiger charge is -2.36. The standard InChI is InChI=1S/C14H21BrN2/c1-2-14(11-3-5-12(15)6-4-11)17-9-7-13(16)8-10-17/h3-6,13-14H,2,7-10,16H2,1H3. The molecule has 1 aromatic rings. The van der Waals surface area contributed by atoms with E-state index >= 15 is 0 Å². The number of nitrogens with two attached hydrogens (primary N) is 1. The number of benzene rings is 1. The minimum absolute atomic E-state index is 0.411. The highest BCUT2D eigenvalue weighted by atomic mass is 79.9. The Morgan fingerprint density at radius 2 is 1.88 bits per heavy atom. The lowest BCUT2D eigenvalue weighted by atomic mass is 9.98. The minimum Gasteiger partial charge on any atom is -0.328 e. The van der Waals surface area contributed by atoms with Crippen molar-refractivity contribution in [3.8, 4) is 0 Å². The Morgan fingerprint density at radius 3 is 2.41 bits per heavy atom. The van der Waals surface area contributed by atoms with Crippen LogP contribution in [0.15, 0.2) is 28.7 Å². The molecule has 1 aliphatic heterocycles. The first-order valence-electron chi connectivity index (χ1n) is 6.45. The van der Waals surface area contributed by atoms with E-state index in [1.54, 1.807) is 0 Å². The van der Waals surface area contributed by atoms with Crippen LogP contribution in [0.5, 0.6) is 0 Å². The smallest absolute Gasteiger partial charge is 0.0345 e. The number of hydrogen-bond acceptors (Lipinski definition) is 2. The van der Waals surface area contributed by atoms with Gasteiger partial charge in [-0.05, 0) is 37.0 Å². The van der Waals surface area contributed by atoms with Gasteiger partial charge in [-0.3, -0.25) is 4.90 Å². The highest BCUT2D eigenvalue weighted by Gasteiger charge is 2.23. The van der Waals surface area contributed by atoms with Crippen LogP contribution >= 0.6 is 15.9 Å². The third kappa shape index (κ3) is 3.30. The van der Waals surface area contributed by atoms with Crippen molar-refractivity contribution >= 4 is 15.9 Å². The zero-order chi connectivity index (χ0) is 12.3. The van der Waals surface area contributed by atoms with Gasteiger partial charge in [0.1, 0.15) is 0 Å². The van der Waals surface area contributed by atoms with E-state index in [1.165, 1.54) is 5.56 Å². The van der Waals surface area contributed by atoms with E-state index in [0.29, 0.717) is 12.1 Å². The second-order valence-corrected chi connectivity index (χ2v) is 5.76. The van der Waals surface area contributed by atoms with Crippen molar-refractivity contribution in [2.75, 3.05) is 13.1 Å².